The first kappa shape index (κ1) is 14.1. The number of esters is 1. The lowest BCUT2D eigenvalue weighted by Gasteiger charge is -2.32. The standard InChI is InChI=1S/C16H23NO2/c1-17(2)12-14-10-6-7-11-15(14)19-16(18)13-8-4-3-5-9-13/h3-5,8-9,14-15H,6-7,10-12H2,1-2H3/t14-,15+/m1/s1. The molecular formula is C16H23NO2. The van der Waals surface area contributed by atoms with E-state index in [0.29, 0.717) is 11.5 Å². The summed E-state index contributed by atoms with van der Waals surface area (Å²) in [6.07, 6.45) is 4.64. The summed E-state index contributed by atoms with van der Waals surface area (Å²) in [6.45, 7) is 0.993. The van der Waals surface area contributed by atoms with E-state index in [0.717, 1.165) is 25.8 Å². The predicted octanol–water partition coefficient (Wildman–Crippen LogP) is 2.96. The van der Waals surface area contributed by atoms with Crippen molar-refractivity contribution in [2.24, 2.45) is 5.92 Å². The second-order valence-corrected chi connectivity index (χ2v) is 5.62. The van der Waals surface area contributed by atoms with Crippen LogP contribution in [0.3, 0.4) is 0 Å². The molecule has 0 saturated heterocycles. The van der Waals surface area contributed by atoms with E-state index in [1.165, 1.54) is 6.42 Å². The highest BCUT2D eigenvalue weighted by Gasteiger charge is 2.28. The van der Waals surface area contributed by atoms with Crippen LogP contribution in [-0.2, 0) is 4.74 Å². The van der Waals surface area contributed by atoms with Crippen LogP contribution in [0.2, 0.25) is 0 Å². The van der Waals surface area contributed by atoms with Gasteiger partial charge in [-0.15, -0.1) is 0 Å². The van der Waals surface area contributed by atoms with Crippen molar-refractivity contribution < 1.29 is 9.53 Å². The maximum atomic E-state index is 12.1. The summed E-state index contributed by atoms with van der Waals surface area (Å²) in [5.41, 5.74) is 0.650. The van der Waals surface area contributed by atoms with Crippen molar-refractivity contribution in [3.05, 3.63) is 35.9 Å². The van der Waals surface area contributed by atoms with Crippen molar-refractivity contribution in [1.82, 2.24) is 4.90 Å². The Morgan fingerprint density at radius 3 is 2.58 bits per heavy atom. The summed E-state index contributed by atoms with van der Waals surface area (Å²) >= 11 is 0. The van der Waals surface area contributed by atoms with Crippen LogP contribution in [0.15, 0.2) is 30.3 Å². The zero-order chi connectivity index (χ0) is 13.7. The fourth-order valence-corrected chi connectivity index (χ4v) is 2.79. The molecule has 0 amide bonds. The third-order valence-corrected chi connectivity index (χ3v) is 3.71. The quantitative estimate of drug-likeness (QED) is 0.780. The van der Waals surface area contributed by atoms with Crippen molar-refractivity contribution >= 4 is 5.97 Å². The molecule has 0 bridgehead atoms. The lowest BCUT2D eigenvalue weighted by Crippen LogP contribution is -2.36. The molecule has 1 aliphatic rings. The average Bonchev–Trinajstić information content (AvgIpc) is 2.41. The molecule has 0 spiro atoms. The molecule has 1 aliphatic carbocycles. The number of rotatable bonds is 4. The molecule has 2 atom stereocenters. The van der Waals surface area contributed by atoms with E-state index in [1.54, 1.807) is 0 Å². The van der Waals surface area contributed by atoms with Gasteiger partial charge in [0.15, 0.2) is 0 Å². The van der Waals surface area contributed by atoms with E-state index in [9.17, 15) is 4.79 Å². The van der Waals surface area contributed by atoms with Gasteiger partial charge in [0.1, 0.15) is 6.10 Å². The minimum Gasteiger partial charge on any atom is -0.458 e. The second-order valence-electron chi connectivity index (χ2n) is 5.62. The third kappa shape index (κ3) is 4.06. The van der Waals surface area contributed by atoms with Crippen molar-refractivity contribution in [2.75, 3.05) is 20.6 Å². The molecule has 1 saturated carbocycles. The van der Waals surface area contributed by atoms with Gasteiger partial charge in [0.25, 0.3) is 0 Å². The molecule has 0 radical (unpaired) electrons. The van der Waals surface area contributed by atoms with Gasteiger partial charge in [-0.3, -0.25) is 0 Å². The maximum absolute atomic E-state index is 12.1. The second kappa shape index (κ2) is 6.71. The molecular weight excluding hydrogens is 238 g/mol. The zero-order valence-electron chi connectivity index (χ0n) is 11.8. The van der Waals surface area contributed by atoms with Crippen LogP contribution < -0.4 is 0 Å². The topological polar surface area (TPSA) is 29.5 Å². The van der Waals surface area contributed by atoms with Crippen molar-refractivity contribution in [3.8, 4) is 0 Å². The summed E-state index contributed by atoms with van der Waals surface area (Å²) in [5.74, 6) is 0.285. The fraction of sp³-hybridized carbons (Fsp3) is 0.562. The highest BCUT2D eigenvalue weighted by molar-refractivity contribution is 5.89. The van der Waals surface area contributed by atoms with Crippen molar-refractivity contribution in [3.63, 3.8) is 0 Å². The fourth-order valence-electron chi connectivity index (χ4n) is 2.79. The Hall–Kier alpha value is -1.35. The minimum absolute atomic E-state index is 0.0730. The Morgan fingerprint density at radius 2 is 1.89 bits per heavy atom. The van der Waals surface area contributed by atoms with Gasteiger partial charge in [0.2, 0.25) is 0 Å². The molecule has 1 fully saturated rings. The largest absolute Gasteiger partial charge is 0.458 e. The van der Waals surface area contributed by atoms with Crippen LogP contribution >= 0.6 is 0 Å². The maximum Gasteiger partial charge on any atom is 0.338 e. The molecule has 19 heavy (non-hydrogen) atoms. The van der Waals surface area contributed by atoms with Gasteiger partial charge >= 0.3 is 5.97 Å². The summed E-state index contributed by atoms with van der Waals surface area (Å²) < 4.78 is 5.73. The lowest BCUT2D eigenvalue weighted by atomic mass is 9.86. The Morgan fingerprint density at radius 1 is 1.21 bits per heavy atom. The number of ether oxygens (including phenoxy) is 1. The van der Waals surface area contributed by atoms with Gasteiger partial charge in [0, 0.05) is 12.5 Å². The molecule has 0 N–H and O–H groups in total. The molecule has 0 aliphatic heterocycles. The monoisotopic (exact) mass is 261 g/mol. The molecule has 3 heteroatoms. The van der Waals surface area contributed by atoms with Crippen molar-refractivity contribution in [2.45, 2.75) is 31.8 Å². The van der Waals surface area contributed by atoms with Crippen LogP contribution in [0, 0.1) is 5.92 Å². The summed E-state index contributed by atoms with van der Waals surface area (Å²) in [5, 5.41) is 0. The number of nitrogens with zero attached hydrogens (tertiary/aromatic N) is 1. The van der Waals surface area contributed by atoms with E-state index in [2.05, 4.69) is 19.0 Å². The van der Waals surface area contributed by atoms with Crippen LogP contribution in [0.4, 0.5) is 0 Å². The summed E-state index contributed by atoms with van der Waals surface area (Å²) in [6, 6.07) is 9.27. The highest BCUT2D eigenvalue weighted by atomic mass is 16.5. The van der Waals surface area contributed by atoms with E-state index in [-0.39, 0.29) is 12.1 Å². The molecule has 2 rings (SSSR count). The molecule has 0 heterocycles. The summed E-state index contributed by atoms with van der Waals surface area (Å²) in [7, 11) is 4.15. The normalized spacial score (nSPS) is 23.3. The van der Waals surface area contributed by atoms with Gasteiger partial charge in [-0.1, -0.05) is 24.6 Å². The Bertz CT molecular complexity index is 402. The van der Waals surface area contributed by atoms with Crippen LogP contribution in [-0.4, -0.2) is 37.6 Å². The van der Waals surface area contributed by atoms with Gasteiger partial charge in [-0.05, 0) is 45.5 Å². The number of hydrogen-bond donors (Lipinski definition) is 0. The lowest BCUT2D eigenvalue weighted by molar-refractivity contribution is -0.00324. The first-order valence-corrected chi connectivity index (χ1v) is 7.07. The molecule has 3 nitrogen and oxygen atoms in total. The highest BCUT2D eigenvalue weighted by Crippen LogP contribution is 2.28. The van der Waals surface area contributed by atoms with Gasteiger partial charge in [-0.25, -0.2) is 4.79 Å². The Balaban J connectivity index is 1.97. The van der Waals surface area contributed by atoms with E-state index >= 15 is 0 Å². The Kier molecular flexibility index (Phi) is 4.97. The molecule has 0 aromatic heterocycles. The average molecular weight is 261 g/mol. The van der Waals surface area contributed by atoms with E-state index < -0.39 is 0 Å². The first-order valence-electron chi connectivity index (χ1n) is 7.07. The van der Waals surface area contributed by atoms with Crippen molar-refractivity contribution in [1.29, 1.82) is 0 Å². The number of carbonyl (C=O) groups excluding carboxylic acids is 1. The van der Waals surface area contributed by atoms with Crippen LogP contribution in [0.5, 0.6) is 0 Å². The predicted molar refractivity (Wildman–Crippen MR) is 76.2 cm³/mol. The minimum atomic E-state index is -0.184. The number of hydrogen-bond acceptors (Lipinski definition) is 3. The number of benzene rings is 1. The van der Waals surface area contributed by atoms with Gasteiger partial charge in [-0.2, -0.15) is 0 Å². The Labute approximate surface area is 115 Å². The molecule has 0 unspecified atom stereocenters. The molecule has 104 valence electrons. The molecule has 1 aromatic rings. The zero-order valence-corrected chi connectivity index (χ0v) is 11.8. The van der Waals surface area contributed by atoms with Crippen LogP contribution in [0.25, 0.3) is 0 Å². The van der Waals surface area contributed by atoms with Gasteiger partial charge < -0.3 is 9.64 Å². The first-order chi connectivity index (χ1) is 9.16. The third-order valence-electron chi connectivity index (χ3n) is 3.71. The molecule has 1 aromatic carbocycles. The SMILES string of the molecule is CN(C)C[C@H]1CCCC[C@@H]1OC(=O)c1ccccc1. The summed E-state index contributed by atoms with van der Waals surface area (Å²) in [4.78, 5) is 14.3. The van der Waals surface area contributed by atoms with Crippen LogP contribution in [0.1, 0.15) is 36.0 Å². The van der Waals surface area contributed by atoms with Gasteiger partial charge in [0.05, 0.1) is 5.56 Å². The van der Waals surface area contributed by atoms with E-state index in [4.69, 9.17) is 4.74 Å². The number of carbonyl (C=O) groups is 1. The smallest absolute Gasteiger partial charge is 0.338 e. The van der Waals surface area contributed by atoms with E-state index in [1.807, 2.05) is 30.3 Å².